The average Bonchev–Trinajstić information content (AvgIpc) is 2.41. The lowest BCUT2D eigenvalue weighted by molar-refractivity contribution is -0.385. The van der Waals surface area contributed by atoms with Gasteiger partial charge in [0.05, 0.1) is 4.92 Å². The minimum absolute atomic E-state index is 0.0877. The molecule has 1 aliphatic rings. The molecular formula is C12H16FN3O4S. The zero-order chi connectivity index (χ0) is 15.6. The molecule has 7 nitrogen and oxygen atoms in total. The molecule has 1 heterocycles. The summed E-state index contributed by atoms with van der Waals surface area (Å²) in [7, 11) is -4.15. The van der Waals surface area contributed by atoms with Crippen LogP contribution in [0.2, 0.25) is 0 Å². The van der Waals surface area contributed by atoms with Gasteiger partial charge in [-0.25, -0.2) is 17.5 Å². The molecular weight excluding hydrogens is 301 g/mol. The minimum atomic E-state index is -4.15. The first-order valence-electron chi connectivity index (χ1n) is 6.51. The van der Waals surface area contributed by atoms with E-state index in [-0.39, 0.29) is 12.1 Å². The van der Waals surface area contributed by atoms with Crippen molar-refractivity contribution in [3.8, 4) is 0 Å². The minimum Gasteiger partial charge on any atom is -0.313 e. The molecule has 2 unspecified atom stereocenters. The predicted molar refractivity (Wildman–Crippen MR) is 73.9 cm³/mol. The molecule has 0 bridgehead atoms. The molecule has 1 saturated heterocycles. The van der Waals surface area contributed by atoms with E-state index in [0.717, 1.165) is 31.2 Å². The van der Waals surface area contributed by atoms with Crippen LogP contribution in [0.5, 0.6) is 0 Å². The fraction of sp³-hybridized carbons (Fsp3) is 0.500. The first kappa shape index (κ1) is 15.8. The average molecular weight is 317 g/mol. The smallest absolute Gasteiger partial charge is 0.270 e. The van der Waals surface area contributed by atoms with E-state index in [1.54, 1.807) is 0 Å². The molecule has 116 valence electrons. The first-order valence-corrected chi connectivity index (χ1v) is 7.99. The highest BCUT2D eigenvalue weighted by Gasteiger charge is 2.29. The lowest BCUT2D eigenvalue weighted by atomic mass is 10.0. The molecule has 21 heavy (non-hydrogen) atoms. The number of hydrogen-bond donors (Lipinski definition) is 2. The second-order valence-electron chi connectivity index (χ2n) is 4.98. The maximum atomic E-state index is 13.7. The van der Waals surface area contributed by atoms with E-state index in [0.29, 0.717) is 6.42 Å². The number of rotatable bonds is 4. The predicted octanol–water partition coefficient (Wildman–Crippen LogP) is 1.15. The highest BCUT2D eigenvalue weighted by Crippen LogP contribution is 2.22. The molecule has 2 N–H and O–H groups in total. The Morgan fingerprint density at radius 2 is 2.19 bits per heavy atom. The van der Waals surface area contributed by atoms with Gasteiger partial charge < -0.3 is 5.32 Å². The van der Waals surface area contributed by atoms with E-state index in [4.69, 9.17) is 0 Å². The molecule has 0 radical (unpaired) electrons. The molecule has 1 aromatic carbocycles. The van der Waals surface area contributed by atoms with Crippen LogP contribution in [0.15, 0.2) is 23.1 Å². The number of benzene rings is 1. The second-order valence-corrected chi connectivity index (χ2v) is 6.67. The van der Waals surface area contributed by atoms with Gasteiger partial charge in [0.15, 0.2) is 0 Å². The number of piperidine rings is 1. The van der Waals surface area contributed by atoms with Crippen LogP contribution in [0.25, 0.3) is 0 Å². The molecule has 2 atom stereocenters. The number of nitrogens with one attached hydrogen (secondary N) is 2. The van der Waals surface area contributed by atoms with Crippen LogP contribution in [-0.2, 0) is 10.0 Å². The monoisotopic (exact) mass is 317 g/mol. The third kappa shape index (κ3) is 3.55. The lowest BCUT2D eigenvalue weighted by Gasteiger charge is -2.30. The Hall–Kier alpha value is -1.58. The van der Waals surface area contributed by atoms with Crippen molar-refractivity contribution in [1.29, 1.82) is 0 Å². The molecule has 0 amide bonds. The van der Waals surface area contributed by atoms with Crippen molar-refractivity contribution in [2.45, 2.75) is 36.7 Å². The summed E-state index contributed by atoms with van der Waals surface area (Å²) in [5.41, 5.74) is -0.466. The van der Waals surface area contributed by atoms with Gasteiger partial charge in [0.1, 0.15) is 10.7 Å². The zero-order valence-electron chi connectivity index (χ0n) is 11.4. The fourth-order valence-electron chi connectivity index (χ4n) is 2.28. The Balaban J connectivity index is 2.30. The zero-order valence-corrected chi connectivity index (χ0v) is 12.2. The lowest BCUT2D eigenvalue weighted by Crippen LogP contribution is -2.51. The standard InChI is InChI=1S/C12H16FN3O4S/c1-8-11(3-2-6-14-8)15-21(19,20)12-7-9(16(17)18)4-5-10(12)13/h4-5,7-8,11,14-15H,2-3,6H2,1H3. The highest BCUT2D eigenvalue weighted by atomic mass is 32.2. The molecule has 0 spiro atoms. The van der Waals surface area contributed by atoms with Crippen LogP contribution in [0.3, 0.4) is 0 Å². The first-order chi connectivity index (χ1) is 9.81. The van der Waals surface area contributed by atoms with E-state index < -0.39 is 31.3 Å². The Kier molecular flexibility index (Phi) is 4.55. The molecule has 1 fully saturated rings. The second kappa shape index (κ2) is 6.04. The third-order valence-electron chi connectivity index (χ3n) is 3.48. The van der Waals surface area contributed by atoms with Crippen molar-refractivity contribution in [3.63, 3.8) is 0 Å². The van der Waals surface area contributed by atoms with Crippen molar-refractivity contribution < 1.29 is 17.7 Å². The number of sulfonamides is 1. The highest BCUT2D eigenvalue weighted by molar-refractivity contribution is 7.89. The van der Waals surface area contributed by atoms with Crippen LogP contribution in [-0.4, -0.2) is 32.0 Å². The number of hydrogen-bond acceptors (Lipinski definition) is 5. The molecule has 0 aromatic heterocycles. The SMILES string of the molecule is CC1NCCCC1NS(=O)(=O)c1cc([N+](=O)[O-])ccc1F. The fourth-order valence-corrected chi connectivity index (χ4v) is 3.73. The van der Waals surface area contributed by atoms with E-state index in [9.17, 15) is 22.9 Å². The Morgan fingerprint density at radius 3 is 2.81 bits per heavy atom. The van der Waals surface area contributed by atoms with E-state index >= 15 is 0 Å². The van der Waals surface area contributed by atoms with Crippen LogP contribution in [0, 0.1) is 15.9 Å². The van der Waals surface area contributed by atoms with Crippen molar-refractivity contribution in [1.82, 2.24) is 10.0 Å². The van der Waals surface area contributed by atoms with Crippen molar-refractivity contribution in [2.24, 2.45) is 0 Å². The maximum absolute atomic E-state index is 13.7. The van der Waals surface area contributed by atoms with Gasteiger partial charge in [-0.1, -0.05) is 0 Å². The number of nitrogens with zero attached hydrogens (tertiary/aromatic N) is 1. The summed E-state index contributed by atoms with van der Waals surface area (Å²) < 4.78 is 40.6. The van der Waals surface area contributed by atoms with Gasteiger partial charge in [-0.05, 0) is 32.4 Å². The Bertz CT molecular complexity index is 650. The molecule has 0 aliphatic carbocycles. The number of nitro benzene ring substituents is 1. The van der Waals surface area contributed by atoms with Crippen LogP contribution in [0.1, 0.15) is 19.8 Å². The van der Waals surface area contributed by atoms with E-state index in [1.807, 2.05) is 6.92 Å². The summed E-state index contributed by atoms with van der Waals surface area (Å²) in [5, 5.41) is 13.8. The van der Waals surface area contributed by atoms with Crippen molar-refractivity contribution in [2.75, 3.05) is 6.54 Å². The largest absolute Gasteiger partial charge is 0.313 e. The van der Waals surface area contributed by atoms with Gasteiger partial charge in [0.2, 0.25) is 10.0 Å². The van der Waals surface area contributed by atoms with Crippen molar-refractivity contribution in [3.05, 3.63) is 34.1 Å². The normalized spacial score (nSPS) is 23.0. The molecule has 9 heteroatoms. The van der Waals surface area contributed by atoms with Gasteiger partial charge in [0, 0.05) is 24.2 Å². The molecule has 2 rings (SSSR count). The number of non-ortho nitro benzene ring substituents is 1. The van der Waals surface area contributed by atoms with E-state index in [2.05, 4.69) is 10.0 Å². The summed E-state index contributed by atoms with van der Waals surface area (Å²) in [5.74, 6) is -1.01. The molecule has 1 aliphatic heterocycles. The van der Waals surface area contributed by atoms with Gasteiger partial charge >= 0.3 is 0 Å². The molecule has 1 aromatic rings. The van der Waals surface area contributed by atoms with Crippen LogP contribution in [0.4, 0.5) is 10.1 Å². The number of halogens is 1. The number of nitro groups is 1. The van der Waals surface area contributed by atoms with Gasteiger partial charge in [-0.2, -0.15) is 0 Å². The van der Waals surface area contributed by atoms with Gasteiger partial charge in [-0.3, -0.25) is 10.1 Å². The van der Waals surface area contributed by atoms with Gasteiger partial charge in [0.25, 0.3) is 5.69 Å². The van der Waals surface area contributed by atoms with Crippen molar-refractivity contribution >= 4 is 15.7 Å². The maximum Gasteiger partial charge on any atom is 0.270 e. The summed E-state index contributed by atoms with van der Waals surface area (Å²) in [4.78, 5) is 9.23. The van der Waals surface area contributed by atoms with E-state index in [1.165, 1.54) is 0 Å². The Labute approximate surface area is 121 Å². The summed E-state index contributed by atoms with van der Waals surface area (Å²) in [6, 6.07) is 1.99. The summed E-state index contributed by atoms with van der Waals surface area (Å²) in [6.07, 6.45) is 1.43. The Morgan fingerprint density at radius 1 is 1.48 bits per heavy atom. The topological polar surface area (TPSA) is 101 Å². The summed E-state index contributed by atoms with van der Waals surface area (Å²) in [6.45, 7) is 2.63. The van der Waals surface area contributed by atoms with Crippen LogP contribution >= 0.6 is 0 Å². The quantitative estimate of drug-likeness (QED) is 0.641. The van der Waals surface area contributed by atoms with Crippen LogP contribution < -0.4 is 10.0 Å². The third-order valence-corrected chi connectivity index (χ3v) is 4.99. The summed E-state index contributed by atoms with van der Waals surface area (Å²) >= 11 is 0. The van der Waals surface area contributed by atoms with Gasteiger partial charge in [-0.15, -0.1) is 0 Å². The molecule has 0 saturated carbocycles.